The number of amides is 2. The molecule has 0 spiro atoms. The Morgan fingerprint density at radius 1 is 1.27 bits per heavy atom. The van der Waals surface area contributed by atoms with Crippen molar-refractivity contribution in [1.29, 1.82) is 0 Å². The van der Waals surface area contributed by atoms with E-state index in [1.807, 2.05) is 6.07 Å². The highest BCUT2D eigenvalue weighted by atomic mass is 16.5. The molecule has 7 nitrogen and oxygen atoms in total. The van der Waals surface area contributed by atoms with E-state index in [0.29, 0.717) is 24.3 Å². The second-order valence-corrected chi connectivity index (χ2v) is 6.96. The fraction of sp³-hybridized carbons (Fsp3) is 0.526. The van der Waals surface area contributed by atoms with Crippen molar-refractivity contribution in [2.45, 2.75) is 57.1 Å². The van der Waals surface area contributed by atoms with Crippen LogP contribution in [0, 0.1) is 0 Å². The van der Waals surface area contributed by atoms with Gasteiger partial charge in [-0.2, -0.15) is 0 Å². The standard InChI is InChI=1S/C19H24N2O5/c1-13-17(23)21(14-7-3-4-8-15(14)26-13)12-9-16(22)20-19(18(24)25)10-5-2-6-11-19/h3-4,7-8,13H,2,5-6,9-12H2,1H3,(H,20,22)(H,24,25). The minimum absolute atomic E-state index is 0.0435. The first-order valence-electron chi connectivity index (χ1n) is 9.04. The molecule has 0 radical (unpaired) electrons. The maximum absolute atomic E-state index is 12.4. The lowest BCUT2D eigenvalue weighted by Gasteiger charge is -2.35. The Balaban J connectivity index is 1.67. The van der Waals surface area contributed by atoms with Gasteiger partial charge in [0.1, 0.15) is 11.3 Å². The summed E-state index contributed by atoms with van der Waals surface area (Å²) in [6.07, 6.45) is 2.90. The fourth-order valence-electron chi connectivity index (χ4n) is 3.68. The van der Waals surface area contributed by atoms with Crippen LogP contribution in [0.3, 0.4) is 0 Å². The van der Waals surface area contributed by atoms with E-state index in [1.165, 1.54) is 4.90 Å². The Morgan fingerprint density at radius 2 is 1.96 bits per heavy atom. The molecule has 1 aliphatic carbocycles. The van der Waals surface area contributed by atoms with Crippen LogP contribution in [-0.4, -0.2) is 41.1 Å². The van der Waals surface area contributed by atoms with Crippen LogP contribution in [0.2, 0.25) is 0 Å². The number of nitrogens with one attached hydrogen (secondary N) is 1. The third-order valence-corrected chi connectivity index (χ3v) is 5.13. The predicted octanol–water partition coefficient (Wildman–Crippen LogP) is 2.09. The zero-order chi connectivity index (χ0) is 18.7. The number of nitrogens with zero attached hydrogens (tertiary/aromatic N) is 1. The zero-order valence-corrected chi connectivity index (χ0v) is 14.9. The van der Waals surface area contributed by atoms with Gasteiger partial charge < -0.3 is 20.1 Å². The van der Waals surface area contributed by atoms with Crippen molar-refractivity contribution in [3.63, 3.8) is 0 Å². The molecule has 1 unspecified atom stereocenters. The first-order chi connectivity index (χ1) is 12.4. The molecule has 2 aliphatic rings. The van der Waals surface area contributed by atoms with Crippen molar-refractivity contribution in [3.05, 3.63) is 24.3 Å². The van der Waals surface area contributed by atoms with Crippen LogP contribution in [0.1, 0.15) is 45.4 Å². The van der Waals surface area contributed by atoms with Gasteiger partial charge in [0.05, 0.1) is 5.69 Å². The van der Waals surface area contributed by atoms with Gasteiger partial charge in [-0.1, -0.05) is 31.4 Å². The summed E-state index contributed by atoms with van der Waals surface area (Å²) in [5.74, 6) is -0.929. The highest BCUT2D eigenvalue weighted by molar-refractivity contribution is 6.00. The number of anilines is 1. The van der Waals surface area contributed by atoms with Gasteiger partial charge in [0, 0.05) is 13.0 Å². The molecular formula is C19H24N2O5. The molecule has 0 aromatic heterocycles. The second kappa shape index (κ2) is 7.35. The van der Waals surface area contributed by atoms with E-state index in [4.69, 9.17) is 4.74 Å². The van der Waals surface area contributed by atoms with E-state index in [2.05, 4.69) is 5.32 Å². The van der Waals surface area contributed by atoms with Gasteiger partial charge in [0.25, 0.3) is 5.91 Å². The van der Waals surface area contributed by atoms with E-state index in [9.17, 15) is 19.5 Å². The number of rotatable bonds is 5. The molecule has 1 fully saturated rings. The fourth-order valence-corrected chi connectivity index (χ4v) is 3.68. The largest absolute Gasteiger partial charge is 0.480 e. The van der Waals surface area contributed by atoms with Crippen LogP contribution in [0.15, 0.2) is 24.3 Å². The molecule has 2 N–H and O–H groups in total. The molecule has 0 bridgehead atoms. The molecular weight excluding hydrogens is 336 g/mol. The van der Waals surface area contributed by atoms with Gasteiger partial charge in [0.2, 0.25) is 5.91 Å². The minimum atomic E-state index is -1.17. The summed E-state index contributed by atoms with van der Waals surface area (Å²) in [4.78, 5) is 38.1. The van der Waals surface area contributed by atoms with Gasteiger partial charge in [-0.25, -0.2) is 4.79 Å². The van der Waals surface area contributed by atoms with Crippen molar-refractivity contribution in [2.24, 2.45) is 0 Å². The number of ether oxygens (including phenoxy) is 1. The molecule has 1 saturated carbocycles. The Hall–Kier alpha value is -2.57. The van der Waals surface area contributed by atoms with E-state index < -0.39 is 17.6 Å². The Kier molecular flexibility index (Phi) is 5.15. The first kappa shape index (κ1) is 18.2. The number of carboxylic acids is 1. The molecule has 1 heterocycles. The predicted molar refractivity (Wildman–Crippen MR) is 95.1 cm³/mol. The minimum Gasteiger partial charge on any atom is -0.480 e. The summed E-state index contributed by atoms with van der Waals surface area (Å²) in [6, 6.07) is 7.19. The van der Waals surface area contributed by atoms with Crippen molar-refractivity contribution in [3.8, 4) is 5.75 Å². The summed E-state index contributed by atoms with van der Waals surface area (Å²) >= 11 is 0. The quantitative estimate of drug-likeness (QED) is 0.838. The van der Waals surface area contributed by atoms with Crippen LogP contribution in [0.5, 0.6) is 5.75 Å². The topological polar surface area (TPSA) is 95.9 Å². The number of carbonyl (C=O) groups excluding carboxylic acids is 2. The number of fused-ring (bicyclic) bond motifs is 1. The number of benzene rings is 1. The summed E-state index contributed by atoms with van der Waals surface area (Å²) in [6.45, 7) is 1.86. The van der Waals surface area contributed by atoms with Gasteiger partial charge in [-0.3, -0.25) is 9.59 Å². The smallest absolute Gasteiger partial charge is 0.329 e. The van der Waals surface area contributed by atoms with Gasteiger partial charge in [-0.05, 0) is 31.9 Å². The normalized spacial score (nSPS) is 21.5. The van der Waals surface area contributed by atoms with Crippen LogP contribution < -0.4 is 15.0 Å². The SMILES string of the molecule is CC1Oc2ccccc2N(CCC(=O)NC2(C(=O)O)CCCCC2)C1=O. The Bertz CT molecular complexity index is 712. The number of carboxylic acid groups (broad SMARTS) is 1. The summed E-state index contributed by atoms with van der Waals surface area (Å²) < 4.78 is 5.58. The third kappa shape index (κ3) is 3.52. The van der Waals surface area contributed by atoms with E-state index in [-0.39, 0.29) is 24.8 Å². The maximum Gasteiger partial charge on any atom is 0.329 e. The zero-order valence-electron chi connectivity index (χ0n) is 14.9. The number of para-hydroxylation sites is 2. The number of hydrogen-bond acceptors (Lipinski definition) is 4. The van der Waals surface area contributed by atoms with Crippen molar-refractivity contribution in [2.75, 3.05) is 11.4 Å². The van der Waals surface area contributed by atoms with E-state index >= 15 is 0 Å². The van der Waals surface area contributed by atoms with E-state index in [1.54, 1.807) is 25.1 Å². The third-order valence-electron chi connectivity index (χ3n) is 5.13. The second-order valence-electron chi connectivity index (χ2n) is 6.96. The lowest BCUT2D eigenvalue weighted by atomic mass is 9.81. The van der Waals surface area contributed by atoms with Gasteiger partial charge >= 0.3 is 5.97 Å². The molecule has 26 heavy (non-hydrogen) atoms. The van der Waals surface area contributed by atoms with Crippen LogP contribution in [0.25, 0.3) is 0 Å². The highest BCUT2D eigenvalue weighted by Crippen LogP contribution is 2.34. The van der Waals surface area contributed by atoms with Crippen LogP contribution in [0.4, 0.5) is 5.69 Å². The molecule has 140 valence electrons. The Labute approximate surface area is 152 Å². The molecule has 3 rings (SSSR count). The summed E-state index contributed by atoms with van der Waals surface area (Å²) in [7, 11) is 0. The summed E-state index contributed by atoms with van der Waals surface area (Å²) in [5.41, 5.74) is -0.538. The lowest BCUT2D eigenvalue weighted by molar-refractivity contribution is -0.149. The average Bonchev–Trinajstić information content (AvgIpc) is 2.63. The monoisotopic (exact) mass is 360 g/mol. The van der Waals surface area contributed by atoms with Crippen LogP contribution >= 0.6 is 0 Å². The Morgan fingerprint density at radius 3 is 2.65 bits per heavy atom. The van der Waals surface area contributed by atoms with Crippen molar-refractivity contribution in [1.82, 2.24) is 5.32 Å². The van der Waals surface area contributed by atoms with Crippen molar-refractivity contribution < 1.29 is 24.2 Å². The average molecular weight is 360 g/mol. The number of hydrogen-bond donors (Lipinski definition) is 2. The molecule has 0 saturated heterocycles. The summed E-state index contributed by atoms with van der Waals surface area (Å²) in [5, 5.41) is 12.3. The van der Waals surface area contributed by atoms with Gasteiger partial charge in [0.15, 0.2) is 6.10 Å². The molecule has 1 atom stereocenters. The van der Waals surface area contributed by atoms with Gasteiger partial charge in [-0.15, -0.1) is 0 Å². The molecule has 1 aromatic carbocycles. The first-order valence-corrected chi connectivity index (χ1v) is 9.04. The number of carbonyl (C=O) groups is 3. The number of aliphatic carboxylic acids is 1. The highest BCUT2D eigenvalue weighted by Gasteiger charge is 2.41. The van der Waals surface area contributed by atoms with Crippen molar-refractivity contribution >= 4 is 23.5 Å². The lowest BCUT2D eigenvalue weighted by Crippen LogP contribution is -2.56. The molecule has 7 heteroatoms. The molecule has 1 aliphatic heterocycles. The molecule has 1 aromatic rings. The maximum atomic E-state index is 12.4. The molecule has 2 amide bonds. The van der Waals surface area contributed by atoms with Crippen LogP contribution in [-0.2, 0) is 14.4 Å². The van der Waals surface area contributed by atoms with E-state index in [0.717, 1.165) is 19.3 Å².